The van der Waals surface area contributed by atoms with Crippen LogP contribution in [-0.4, -0.2) is 18.1 Å². The molecule has 1 N–H and O–H groups in total. The van der Waals surface area contributed by atoms with Crippen LogP contribution in [0.25, 0.3) is 0 Å². The van der Waals surface area contributed by atoms with Crippen LogP contribution in [0.3, 0.4) is 0 Å². The first kappa shape index (κ1) is 18.1. The fourth-order valence-corrected chi connectivity index (χ4v) is 2.34. The van der Waals surface area contributed by atoms with Gasteiger partial charge in [0.25, 0.3) is 5.91 Å². The van der Waals surface area contributed by atoms with Gasteiger partial charge in [0.1, 0.15) is 5.75 Å². The zero-order chi connectivity index (χ0) is 19.1. The fourth-order valence-electron chi connectivity index (χ4n) is 2.34. The Balaban J connectivity index is 1.69. The summed E-state index contributed by atoms with van der Waals surface area (Å²) in [6.45, 7) is 1.95. The monoisotopic (exact) mass is 358 g/mol. The zero-order valence-electron chi connectivity index (χ0n) is 14.8. The molecule has 27 heavy (non-hydrogen) atoms. The van der Waals surface area contributed by atoms with E-state index in [9.17, 15) is 9.59 Å². The van der Waals surface area contributed by atoms with Crippen molar-refractivity contribution in [3.63, 3.8) is 0 Å². The third-order valence-corrected chi connectivity index (χ3v) is 3.81. The number of hydrazone groups is 1. The highest BCUT2D eigenvalue weighted by atomic mass is 16.5. The highest BCUT2D eigenvalue weighted by molar-refractivity contribution is 5.95. The number of nitrogens with one attached hydrogen (secondary N) is 1. The molecular formula is C22H18N2O3. The molecule has 3 aromatic rings. The van der Waals surface area contributed by atoms with Crippen LogP contribution in [0, 0.1) is 6.92 Å². The van der Waals surface area contributed by atoms with Crippen molar-refractivity contribution in [3.8, 4) is 5.75 Å². The van der Waals surface area contributed by atoms with Crippen LogP contribution in [-0.2, 0) is 0 Å². The van der Waals surface area contributed by atoms with E-state index in [1.807, 2.05) is 25.1 Å². The Morgan fingerprint density at radius 3 is 2.26 bits per heavy atom. The summed E-state index contributed by atoms with van der Waals surface area (Å²) in [5, 5.41) is 3.95. The minimum atomic E-state index is -0.454. The topological polar surface area (TPSA) is 67.8 Å². The van der Waals surface area contributed by atoms with Crippen LogP contribution < -0.4 is 10.2 Å². The first-order chi connectivity index (χ1) is 13.1. The summed E-state index contributed by atoms with van der Waals surface area (Å²) in [5.74, 6) is -0.411. The molecule has 0 saturated carbocycles. The van der Waals surface area contributed by atoms with Gasteiger partial charge in [-0.05, 0) is 43.3 Å². The minimum absolute atomic E-state index is 0.319. The van der Waals surface area contributed by atoms with Crippen LogP contribution in [0.2, 0.25) is 0 Å². The summed E-state index contributed by atoms with van der Waals surface area (Å²) < 4.78 is 5.47. The van der Waals surface area contributed by atoms with E-state index in [2.05, 4.69) is 10.5 Å². The number of hydrogen-bond donors (Lipinski definition) is 1. The van der Waals surface area contributed by atoms with E-state index in [0.29, 0.717) is 22.4 Å². The Hall–Kier alpha value is -3.73. The number of aryl methyl sites for hydroxylation is 1. The second kappa shape index (κ2) is 8.58. The molecule has 0 heterocycles. The van der Waals surface area contributed by atoms with Crippen LogP contribution in [0.15, 0.2) is 84.0 Å². The van der Waals surface area contributed by atoms with Gasteiger partial charge in [0.05, 0.1) is 11.8 Å². The lowest BCUT2D eigenvalue weighted by Gasteiger charge is -2.07. The number of nitrogens with zero attached hydrogens (tertiary/aromatic N) is 1. The number of rotatable bonds is 5. The van der Waals surface area contributed by atoms with Crippen molar-refractivity contribution >= 4 is 18.1 Å². The van der Waals surface area contributed by atoms with Gasteiger partial charge in [0.15, 0.2) is 0 Å². The van der Waals surface area contributed by atoms with Crippen molar-refractivity contribution in [1.82, 2.24) is 5.43 Å². The summed E-state index contributed by atoms with van der Waals surface area (Å²) >= 11 is 0. The van der Waals surface area contributed by atoms with Crippen molar-refractivity contribution in [1.29, 1.82) is 0 Å². The molecule has 0 spiro atoms. The highest BCUT2D eigenvalue weighted by Gasteiger charge is 2.10. The number of ether oxygens (including phenoxy) is 1. The lowest BCUT2D eigenvalue weighted by molar-refractivity contribution is 0.0734. The Bertz CT molecular complexity index is 964. The number of esters is 1. The van der Waals surface area contributed by atoms with Crippen molar-refractivity contribution in [2.45, 2.75) is 6.92 Å². The van der Waals surface area contributed by atoms with Gasteiger partial charge in [-0.15, -0.1) is 0 Å². The largest absolute Gasteiger partial charge is 0.422 e. The predicted molar refractivity (Wildman–Crippen MR) is 104 cm³/mol. The highest BCUT2D eigenvalue weighted by Crippen LogP contribution is 2.18. The van der Waals surface area contributed by atoms with Gasteiger partial charge >= 0.3 is 5.97 Å². The number of benzene rings is 3. The molecule has 0 aliphatic rings. The lowest BCUT2D eigenvalue weighted by atomic mass is 10.1. The van der Waals surface area contributed by atoms with Crippen molar-refractivity contribution in [3.05, 3.63) is 101 Å². The quantitative estimate of drug-likeness (QED) is 0.325. The molecule has 0 saturated heterocycles. The molecule has 3 aromatic carbocycles. The fraction of sp³-hybridized carbons (Fsp3) is 0.0455. The number of hydrogen-bond acceptors (Lipinski definition) is 4. The molecule has 0 aliphatic carbocycles. The molecular weight excluding hydrogens is 340 g/mol. The Labute approximate surface area is 157 Å². The van der Waals surface area contributed by atoms with Crippen molar-refractivity contribution < 1.29 is 14.3 Å². The van der Waals surface area contributed by atoms with E-state index in [1.54, 1.807) is 60.7 Å². The second-order valence-corrected chi connectivity index (χ2v) is 5.86. The van der Waals surface area contributed by atoms with Gasteiger partial charge < -0.3 is 4.74 Å². The van der Waals surface area contributed by atoms with Gasteiger partial charge in [-0.3, -0.25) is 4.79 Å². The second-order valence-electron chi connectivity index (χ2n) is 5.86. The lowest BCUT2D eigenvalue weighted by Crippen LogP contribution is -2.17. The Morgan fingerprint density at radius 2 is 1.52 bits per heavy atom. The zero-order valence-corrected chi connectivity index (χ0v) is 14.8. The van der Waals surface area contributed by atoms with Gasteiger partial charge in [-0.1, -0.05) is 48.0 Å². The van der Waals surface area contributed by atoms with E-state index in [4.69, 9.17) is 4.74 Å². The molecule has 5 nitrogen and oxygen atoms in total. The number of amides is 1. The summed E-state index contributed by atoms with van der Waals surface area (Å²) in [6, 6.07) is 22.9. The molecule has 0 aromatic heterocycles. The molecule has 0 radical (unpaired) electrons. The molecule has 0 aliphatic heterocycles. The van der Waals surface area contributed by atoms with E-state index in [-0.39, 0.29) is 5.91 Å². The van der Waals surface area contributed by atoms with Gasteiger partial charge in [0, 0.05) is 11.1 Å². The van der Waals surface area contributed by atoms with E-state index in [1.165, 1.54) is 6.21 Å². The van der Waals surface area contributed by atoms with Crippen molar-refractivity contribution in [2.75, 3.05) is 0 Å². The standard InChI is InChI=1S/C22H18N2O3/c1-16-11-13-18(14-12-16)22(26)27-20-10-6-5-9-19(20)15-23-24-21(25)17-7-3-2-4-8-17/h2-15H,1H3,(H,24,25)/b23-15-. The first-order valence-electron chi connectivity index (χ1n) is 8.40. The van der Waals surface area contributed by atoms with Crippen LogP contribution in [0.1, 0.15) is 31.8 Å². The molecule has 134 valence electrons. The molecule has 3 rings (SSSR count). The maximum atomic E-state index is 12.3. The Kier molecular flexibility index (Phi) is 5.74. The predicted octanol–water partition coefficient (Wildman–Crippen LogP) is 3.98. The molecule has 5 heteroatoms. The normalized spacial score (nSPS) is 10.6. The summed E-state index contributed by atoms with van der Waals surface area (Å²) in [4.78, 5) is 24.3. The van der Waals surface area contributed by atoms with E-state index < -0.39 is 5.97 Å². The van der Waals surface area contributed by atoms with Gasteiger partial charge in [-0.2, -0.15) is 5.10 Å². The Morgan fingerprint density at radius 1 is 0.852 bits per heavy atom. The molecule has 0 unspecified atom stereocenters. The molecule has 1 amide bonds. The molecule has 0 bridgehead atoms. The maximum absolute atomic E-state index is 12.3. The minimum Gasteiger partial charge on any atom is -0.422 e. The summed E-state index contributed by atoms with van der Waals surface area (Å²) in [6.07, 6.45) is 1.44. The number of carbonyl (C=O) groups is 2. The smallest absolute Gasteiger partial charge is 0.343 e. The maximum Gasteiger partial charge on any atom is 0.343 e. The van der Waals surface area contributed by atoms with E-state index >= 15 is 0 Å². The van der Waals surface area contributed by atoms with Crippen LogP contribution >= 0.6 is 0 Å². The van der Waals surface area contributed by atoms with Crippen molar-refractivity contribution in [2.24, 2.45) is 5.10 Å². The van der Waals surface area contributed by atoms with Crippen LogP contribution in [0.4, 0.5) is 0 Å². The van der Waals surface area contributed by atoms with E-state index in [0.717, 1.165) is 5.56 Å². The third-order valence-electron chi connectivity index (χ3n) is 3.81. The van der Waals surface area contributed by atoms with Gasteiger partial charge in [-0.25, -0.2) is 10.2 Å². The van der Waals surface area contributed by atoms with Gasteiger partial charge in [0.2, 0.25) is 0 Å². The SMILES string of the molecule is Cc1ccc(C(=O)Oc2ccccc2/C=N\NC(=O)c2ccccc2)cc1. The molecule has 0 atom stereocenters. The number of carbonyl (C=O) groups excluding carboxylic acids is 2. The average Bonchev–Trinajstić information content (AvgIpc) is 2.70. The third kappa shape index (κ3) is 4.89. The first-order valence-corrected chi connectivity index (χ1v) is 8.40. The van der Waals surface area contributed by atoms with Crippen LogP contribution in [0.5, 0.6) is 5.75 Å². The molecule has 0 fully saturated rings. The number of para-hydroxylation sites is 1. The summed E-state index contributed by atoms with van der Waals surface area (Å²) in [5.41, 5.74) is 5.07. The summed E-state index contributed by atoms with van der Waals surface area (Å²) in [7, 11) is 0. The average molecular weight is 358 g/mol.